The van der Waals surface area contributed by atoms with E-state index in [1.807, 2.05) is 4.72 Å². The van der Waals surface area contributed by atoms with Gasteiger partial charge in [-0.15, -0.1) is 0 Å². The Morgan fingerprint density at radius 3 is 2.48 bits per heavy atom. The zero-order valence-corrected chi connectivity index (χ0v) is 34.3. The molecule has 1 unspecified atom stereocenters. The number of aliphatic carboxylic acids is 1. The van der Waals surface area contributed by atoms with Gasteiger partial charge in [0.25, 0.3) is 10.0 Å². The number of ether oxygens (including phenoxy) is 3. The Hall–Kier alpha value is -3.15. The maximum atomic E-state index is 13.5. The van der Waals surface area contributed by atoms with Crippen LogP contribution in [0.25, 0.3) is 33.3 Å². The summed E-state index contributed by atoms with van der Waals surface area (Å²) in [6, 6.07) is 9.66. The molecule has 0 bridgehead atoms. The van der Waals surface area contributed by atoms with E-state index in [2.05, 4.69) is 15.2 Å². The first-order valence-electron chi connectivity index (χ1n) is 14.7. The molecule has 0 saturated carbocycles. The fourth-order valence-corrected chi connectivity index (χ4v) is 5.52. The van der Waals surface area contributed by atoms with Crippen LogP contribution in [-0.4, -0.2) is 145 Å². The van der Waals surface area contributed by atoms with Gasteiger partial charge in [0.15, 0.2) is 0 Å². The number of aryl methyl sites for hydroxylation is 1. The number of carboxylic acid groups (broad SMARTS) is 1. The van der Waals surface area contributed by atoms with Gasteiger partial charge in [-0.05, 0) is 36.8 Å². The van der Waals surface area contributed by atoms with Crippen LogP contribution in [0.4, 0.5) is 24.7 Å². The van der Waals surface area contributed by atoms with Gasteiger partial charge in [0, 0.05) is 105 Å². The number of carbonyl (C=O) groups is 1. The van der Waals surface area contributed by atoms with Gasteiger partial charge in [-0.2, -0.15) is 19.0 Å². The van der Waals surface area contributed by atoms with E-state index in [-0.39, 0.29) is 99.4 Å². The number of anilines is 2. The number of pyridine rings is 1. The van der Waals surface area contributed by atoms with E-state index >= 15 is 0 Å². The minimum atomic E-state index is -5.05. The smallest absolute Gasteiger partial charge is 0.355 e. The van der Waals surface area contributed by atoms with E-state index in [1.54, 1.807) is 41.9 Å². The normalized spacial score (nSPS) is 12.2. The maximum Gasteiger partial charge on any atom is 0.355 e. The third kappa shape index (κ3) is 9.59. The number of nitrogen functional groups attached to an aromatic ring is 1. The summed E-state index contributed by atoms with van der Waals surface area (Å²) in [5, 5.41) is 18.1. The summed E-state index contributed by atoms with van der Waals surface area (Å²) in [6.07, 6.45) is 4.27. The molecule has 0 aliphatic heterocycles. The fraction of sp³-hybridized carbons (Fsp3) is 0.290. The summed E-state index contributed by atoms with van der Waals surface area (Å²) in [6.45, 7) is 2.31. The first-order chi connectivity index (χ1) is 23.3. The minimum Gasteiger partial charge on any atom is -0.484 e. The van der Waals surface area contributed by atoms with Gasteiger partial charge >= 0.3 is 11.7 Å². The molecule has 3 aromatic heterocycles. The first-order valence-corrected chi connectivity index (χ1v) is 16.3. The Morgan fingerprint density at radius 2 is 1.78 bits per heavy atom. The van der Waals surface area contributed by atoms with Crippen LogP contribution in [0.3, 0.4) is 0 Å². The van der Waals surface area contributed by atoms with Crippen molar-refractivity contribution in [1.29, 1.82) is 0 Å². The Balaban J connectivity index is 0.00000562. The molecule has 4 N–H and O–H groups in total. The maximum absolute atomic E-state index is 13.5. The molecule has 5 rings (SSSR count). The second-order valence-electron chi connectivity index (χ2n) is 10.7. The molecule has 19 heteroatoms. The number of aromatic nitrogens is 5. The van der Waals surface area contributed by atoms with E-state index in [4.69, 9.17) is 25.1 Å². The number of hydrogen-bond acceptors (Lipinski definition) is 10. The monoisotopic (exact) mass is 836 g/mol. The number of fused-ring (bicyclic) bond motifs is 1. The SMILES string of the molecule is CC(Oc1cc(-c2nn(C)c3c(-c4cnn(CCOCCOCC(=O)O)c4)cnc(N)c23)ccc1NS(=O)(=O)C(F)F)c1ccc(F)cc1.[Cs]. The number of hydrogen-bond donors (Lipinski definition) is 3. The van der Waals surface area contributed by atoms with E-state index < -0.39 is 40.3 Å². The molecule has 0 spiro atoms. The predicted molar refractivity (Wildman–Crippen MR) is 179 cm³/mol. The molecule has 0 saturated heterocycles. The summed E-state index contributed by atoms with van der Waals surface area (Å²) in [7, 11) is -3.34. The molecule has 0 amide bonds. The van der Waals surface area contributed by atoms with Crippen LogP contribution in [0, 0.1) is 5.82 Å². The van der Waals surface area contributed by atoms with Crippen LogP contribution in [0.5, 0.6) is 5.75 Å². The summed E-state index contributed by atoms with van der Waals surface area (Å²) in [5.41, 5.74) is 9.41. The molecule has 0 aliphatic carbocycles. The quantitative estimate of drug-likeness (QED) is 0.122. The van der Waals surface area contributed by atoms with E-state index in [9.17, 15) is 26.4 Å². The number of benzene rings is 2. The molecule has 5 aromatic rings. The van der Waals surface area contributed by atoms with E-state index in [0.717, 1.165) is 0 Å². The average Bonchev–Trinajstić information content (AvgIpc) is 3.67. The second kappa shape index (κ2) is 17.4. The Labute approximate surface area is 343 Å². The second-order valence-corrected chi connectivity index (χ2v) is 12.4. The van der Waals surface area contributed by atoms with Gasteiger partial charge in [-0.3, -0.25) is 14.1 Å². The Bertz CT molecular complexity index is 2060. The molecule has 2 aromatic carbocycles. The predicted octanol–water partition coefficient (Wildman–Crippen LogP) is 4.06. The van der Waals surface area contributed by atoms with Crippen LogP contribution in [0.1, 0.15) is 18.6 Å². The largest absolute Gasteiger partial charge is 0.484 e. The molecular weight excluding hydrogens is 804 g/mol. The van der Waals surface area contributed by atoms with E-state index in [1.165, 1.54) is 42.5 Å². The van der Waals surface area contributed by atoms with E-state index in [0.29, 0.717) is 52.0 Å². The summed E-state index contributed by atoms with van der Waals surface area (Å²) < 4.78 is 85.9. The number of halogens is 3. The first kappa shape index (κ1) is 39.6. The standard InChI is InChI=1S/C31H32F3N7O7S.Cs/c1-18(19-3-6-22(32)7-4-19)48-25-13-20(5-8-24(25)39-49(44,45)31(33)34)28-27-29(40(2)38-28)23(15-36-30(27)35)21-14-37-41(16-21)9-10-46-11-12-47-17-26(42)43;/h3-8,13-16,18,31,39H,9-12,17H2,1-2H3,(H2,35,36)(H,42,43);. The number of nitrogens with zero attached hydrogens (tertiary/aromatic N) is 5. The summed E-state index contributed by atoms with van der Waals surface area (Å²) in [5.74, 6) is -5.15. The molecule has 14 nitrogen and oxygen atoms in total. The third-order valence-corrected chi connectivity index (χ3v) is 8.26. The average molecular weight is 837 g/mol. The van der Waals surface area contributed by atoms with Crippen LogP contribution in [0.2, 0.25) is 0 Å². The molecule has 1 radical (unpaired) electrons. The van der Waals surface area contributed by atoms with Crippen LogP contribution in [0.15, 0.2) is 61.1 Å². The molecule has 261 valence electrons. The van der Waals surface area contributed by atoms with Crippen molar-refractivity contribution >= 4 is 107 Å². The topological polar surface area (TPSA) is 186 Å². The van der Waals surface area contributed by atoms with Crippen molar-refractivity contribution < 1.29 is 45.7 Å². The van der Waals surface area contributed by atoms with Gasteiger partial charge in [-0.1, -0.05) is 18.2 Å². The van der Waals surface area contributed by atoms with Crippen molar-refractivity contribution in [3.8, 4) is 28.1 Å². The molecule has 50 heavy (non-hydrogen) atoms. The van der Waals surface area contributed by atoms with Crippen LogP contribution in [-0.2, 0) is 37.9 Å². The van der Waals surface area contributed by atoms with Crippen molar-refractivity contribution in [3.63, 3.8) is 0 Å². The van der Waals surface area contributed by atoms with Crippen molar-refractivity contribution in [1.82, 2.24) is 24.5 Å². The number of alkyl halides is 2. The number of sulfonamides is 1. The third-order valence-electron chi connectivity index (χ3n) is 7.28. The molecule has 3 heterocycles. The fourth-order valence-electron chi connectivity index (χ4n) is 4.95. The number of carboxylic acids is 1. The van der Waals surface area contributed by atoms with Crippen molar-refractivity contribution in [2.24, 2.45) is 7.05 Å². The van der Waals surface area contributed by atoms with Gasteiger partial charge in [-0.25, -0.2) is 22.6 Å². The van der Waals surface area contributed by atoms with Gasteiger partial charge in [0.05, 0.1) is 49.2 Å². The molecular formula is C31H32CsF3N7O7S. The minimum absolute atomic E-state index is 0. The zero-order valence-electron chi connectivity index (χ0n) is 27.2. The number of nitrogens with two attached hydrogens (primary N) is 1. The number of nitrogens with one attached hydrogen (secondary N) is 1. The zero-order chi connectivity index (χ0) is 35.3. The van der Waals surface area contributed by atoms with Gasteiger partial charge < -0.3 is 25.1 Å². The number of rotatable bonds is 16. The summed E-state index contributed by atoms with van der Waals surface area (Å²) in [4.78, 5) is 14.9. The summed E-state index contributed by atoms with van der Waals surface area (Å²) >= 11 is 0. The van der Waals surface area contributed by atoms with Crippen LogP contribution >= 0.6 is 0 Å². The van der Waals surface area contributed by atoms with Gasteiger partial charge in [0.1, 0.15) is 35.8 Å². The Morgan fingerprint density at radius 1 is 1.06 bits per heavy atom. The van der Waals surface area contributed by atoms with Crippen molar-refractivity contribution in [2.45, 2.75) is 25.3 Å². The van der Waals surface area contributed by atoms with Crippen molar-refractivity contribution in [2.75, 3.05) is 36.9 Å². The van der Waals surface area contributed by atoms with Gasteiger partial charge in [0.2, 0.25) is 0 Å². The van der Waals surface area contributed by atoms with Crippen LogP contribution < -0.4 is 15.2 Å². The molecule has 0 aliphatic rings. The van der Waals surface area contributed by atoms with Crippen molar-refractivity contribution in [3.05, 3.63) is 72.4 Å². The Kier molecular flexibility index (Phi) is 13.8. The molecule has 0 fully saturated rings. The molecule has 1 atom stereocenters.